The Hall–Kier alpha value is -0.320. The van der Waals surface area contributed by atoms with Gasteiger partial charge in [0, 0.05) is 54.2 Å². The SMILES string of the molecule is CCCCCCCCC(CCCOCC1CO1)C(C)(OCC)OCC.CCCCCCCCC(OC)C(OC)(OC)OC. The monoisotopic (exact) mass is 621 g/mol. The van der Waals surface area contributed by atoms with E-state index in [1.165, 1.54) is 77.0 Å². The molecule has 0 amide bonds. The summed E-state index contributed by atoms with van der Waals surface area (Å²) in [6, 6.07) is 0. The number of methoxy groups -OCH3 is 4. The lowest BCUT2D eigenvalue weighted by atomic mass is 9.88. The summed E-state index contributed by atoms with van der Waals surface area (Å²) in [5.41, 5.74) is 0. The zero-order valence-electron chi connectivity index (χ0n) is 29.8. The summed E-state index contributed by atoms with van der Waals surface area (Å²) in [6.45, 7) is 14.5. The fraction of sp³-hybridized carbons (Fsp3) is 1.00. The molecular formula is C35H72O8. The number of rotatable bonds is 30. The number of epoxide rings is 1. The highest BCUT2D eigenvalue weighted by Gasteiger charge is 2.40. The van der Waals surface area contributed by atoms with Crippen LogP contribution in [0.2, 0.25) is 0 Å². The van der Waals surface area contributed by atoms with Crippen molar-refractivity contribution in [1.82, 2.24) is 0 Å². The van der Waals surface area contributed by atoms with Gasteiger partial charge in [0.05, 0.1) is 13.2 Å². The molecule has 0 spiro atoms. The van der Waals surface area contributed by atoms with Gasteiger partial charge < -0.3 is 37.9 Å². The highest BCUT2D eigenvalue weighted by atomic mass is 16.9. The minimum Gasteiger partial charge on any atom is -0.379 e. The summed E-state index contributed by atoms with van der Waals surface area (Å²) in [5.74, 6) is -1.12. The molecule has 0 saturated carbocycles. The van der Waals surface area contributed by atoms with Gasteiger partial charge in [-0.25, -0.2) is 0 Å². The second-order valence-electron chi connectivity index (χ2n) is 11.8. The van der Waals surface area contributed by atoms with Gasteiger partial charge in [0.25, 0.3) is 0 Å². The molecule has 43 heavy (non-hydrogen) atoms. The van der Waals surface area contributed by atoms with Crippen LogP contribution in [0, 0.1) is 5.92 Å². The number of hydrogen-bond donors (Lipinski definition) is 0. The van der Waals surface area contributed by atoms with Crippen molar-refractivity contribution in [3.05, 3.63) is 0 Å². The molecule has 260 valence electrons. The van der Waals surface area contributed by atoms with Crippen molar-refractivity contribution in [3.63, 3.8) is 0 Å². The Balaban J connectivity index is 0.000000869. The summed E-state index contributed by atoms with van der Waals surface area (Å²) in [4.78, 5) is 0. The average Bonchev–Trinajstić information content (AvgIpc) is 3.84. The smallest absolute Gasteiger partial charge is 0.310 e. The van der Waals surface area contributed by atoms with Crippen molar-refractivity contribution in [2.75, 3.05) is 61.5 Å². The van der Waals surface area contributed by atoms with E-state index in [4.69, 9.17) is 37.9 Å². The van der Waals surface area contributed by atoms with Crippen molar-refractivity contribution in [2.45, 2.75) is 161 Å². The molecule has 0 N–H and O–H groups in total. The van der Waals surface area contributed by atoms with Crippen LogP contribution in [-0.4, -0.2) is 85.4 Å². The molecule has 0 aromatic heterocycles. The molecule has 1 aliphatic heterocycles. The highest BCUT2D eigenvalue weighted by Crippen LogP contribution is 2.32. The molecule has 0 aromatic rings. The van der Waals surface area contributed by atoms with Crippen LogP contribution in [0.3, 0.4) is 0 Å². The largest absolute Gasteiger partial charge is 0.379 e. The molecule has 1 rings (SSSR count). The second-order valence-corrected chi connectivity index (χ2v) is 11.8. The molecule has 1 fully saturated rings. The minimum atomic E-state index is -1.09. The van der Waals surface area contributed by atoms with Gasteiger partial charge in [-0.3, -0.25) is 0 Å². The molecular weight excluding hydrogens is 548 g/mol. The molecule has 1 aliphatic rings. The van der Waals surface area contributed by atoms with E-state index in [1.54, 1.807) is 28.4 Å². The second kappa shape index (κ2) is 27.9. The fourth-order valence-corrected chi connectivity index (χ4v) is 5.69. The first-order valence-corrected chi connectivity index (χ1v) is 17.5. The lowest BCUT2D eigenvalue weighted by molar-refractivity contribution is -0.392. The molecule has 0 aromatic carbocycles. The van der Waals surface area contributed by atoms with Gasteiger partial charge in [0.15, 0.2) is 5.79 Å². The summed E-state index contributed by atoms with van der Waals surface area (Å²) >= 11 is 0. The van der Waals surface area contributed by atoms with E-state index in [1.807, 2.05) is 0 Å². The Morgan fingerprint density at radius 1 is 0.651 bits per heavy atom. The maximum Gasteiger partial charge on any atom is 0.310 e. The Labute approximate surface area is 266 Å². The van der Waals surface area contributed by atoms with Gasteiger partial charge in [-0.15, -0.1) is 0 Å². The standard InChI is InChI=1S/C21H42O4.C14H30O4/c1-5-8-9-10-11-12-14-19(21(4,24-6-2)25-7-3)15-13-16-22-17-20-18-23-20;1-6-7-8-9-10-11-12-13(15-2)14(16-3,17-4)18-5/h19-20H,5-18H2,1-4H3;13H,6-12H2,1-5H3. The fourth-order valence-electron chi connectivity index (χ4n) is 5.69. The highest BCUT2D eigenvalue weighted by molar-refractivity contribution is 4.76. The Kier molecular flexibility index (Phi) is 27.7. The van der Waals surface area contributed by atoms with Crippen LogP contribution in [0.5, 0.6) is 0 Å². The zero-order chi connectivity index (χ0) is 32.2. The van der Waals surface area contributed by atoms with Gasteiger partial charge >= 0.3 is 5.97 Å². The van der Waals surface area contributed by atoms with Crippen LogP contribution < -0.4 is 0 Å². The van der Waals surface area contributed by atoms with Crippen molar-refractivity contribution >= 4 is 0 Å². The van der Waals surface area contributed by atoms with E-state index < -0.39 is 11.8 Å². The van der Waals surface area contributed by atoms with Gasteiger partial charge in [-0.05, 0) is 46.5 Å². The predicted molar refractivity (Wildman–Crippen MR) is 175 cm³/mol. The Morgan fingerprint density at radius 3 is 1.56 bits per heavy atom. The topological polar surface area (TPSA) is 77.1 Å². The van der Waals surface area contributed by atoms with Crippen molar-refractivity contribution < 1.29 is 37.9 Å². The van der Waals surface area contributed by atoms with Crippen LogP contribution in [0.25, 0.3) is 0 Å². The third-order valence-corrected chi connectivity index (χ3v) is 8.41. The van der Waals surface area contributed by atoms with Crippen molar-refractivity contribution in [2.24, 2.45) is 5.92 Å². The van der Waals surface area contributed by atoms with Crippen LogP contribution in [0.4, 0.5) is 0 Å². The quantitative estimate of drug-likeness (QED) is 0.0448. The van der Waals surface area contributed by atoms with Gasteiger partial charge in [-0.1, -0.05) is 90.9 Å². The molecule has 1 saturated heterocycles. The summed E-state index contributed by atoms with van der Waals surface area (Å²) < 4.78 is 44.4. The Morgan fingerprint density at radius 2 is 1.12 bits per heavy atom. The molecule has 0 bridgehead atoms. The van der Waals surface area contributed by atoms with Crippen LogP contribution in [0.1, 0.15) is 137 Å². The van der Waals surface area contributed by atoms with Crippen LogP contribution >= 0.6 is 0 Å². The third kappa shape index (κ3) is 19.7. The minimum absolute atomic E-state index is 0.205. The van der Waals surface area contributed by atoms with Gasteiger partial charge in [-0.2, -0.15) is 0 Å². The van der Waals surface area contributed by atoms with Crippen LogP contribution in [0.15, 0.2) is 0 Å². The average molecular weight is 621 g/mol. The summed E-state index contributed by atoms with van der Waals surface area (Å²) in [5, 5.41) is 0. The maximum absolute atomic E-state index is 6.05. The maximum atomic E-state index is 6.05. The van der Waals surface area contributed by atoms with E-state index in [2.05, 4.69) is 34.6 Å². The predicted octanol–water partition coefficient (Wildman–Crippen LogP) is 8.68. The molecule has 3 unspecified atom stereocenters. The first kappa shape index (κ1) is 42.7. The number of hydrogen-bond acceptors (Lipinski definition) is 8. The van der Waals surface area contributed by atoms with Gasteiger partial charge in [0.1, 0.15) is 12.2 Å². The molecule has 1 heterocycles. The van der Waals surface area contributed by atoms with Crippen molar-refractivity contribution in [3.8, 4) is 0 Å². The van der Waals surface area contributed by atoms with Gasteiger partial charge in [0.2, 0.25) is 0 Å². The lowest BCUT2D eigenvalue weighted by Gasteiger charge is -2.37. The molecule has 8 nitrogen and oxygen atoms in total. The van der Waals surface area contributed by atoms with Crippen LogP contribution in [-0.2, 0) is 37.9 Å². The first-order chi connectivity index (χ1) is 20.9. The molecule has 3 atom stereocenters. The van der Waals surface area contributed by atoms with E-state index in [9.17, 15) is 0 Å². The first-order valence-electron chi connectivity index (χ1n) is 17.5. The lowest BCUT2D eigenvalue weighted by Crippen LogP contribution is -2.48. The normalized spacial score (nSPS) is 16.5. The summed E-state index contributed by atoms with van der Waals surface area (Å²) in [6.07, 6.45) is 19.8. The third-order valence-electron chi connectivity index (χ3n) is 8.41. The van der Waals surface area contributed by atoms with E-state index >= 15 is 0 Å². The zero-order valence-corrected chi connectivity index (χ0v) is 29.8. The number of unbranched alkanes of at least 4 members (excludes halogenated alkanes) is 10. The Bertz CT molecular complexity index is 568. The van der Waals surface area contributed by atoms with E-state index in [-0.39, 0.29) is 6.10 Å². The van der Waals surface area contributed by atoms with Crippen molar-refractivity contribution in [1.29, 1.82) is 0 Å². The number of ether oxygens (including phenoxy) is 8. The summed E-state index contributed by atoms with van der Waals surface area (Å²) in [7, 11) is 6.37. The molecule has 0 aliphatic carbocycles. The van der Waals surface area contributed by atoms with E-state index in [0.717, 1.165) is 45.5 Å². The van der Waals surface area contributed by atoms with E-state index in [0.29, 0.717) is 25.2 Å². The molecule has 8 heteroatoms. The molecule has 0 radical (unpaired) electrons.